The average molecular weight is 638 g/mol. The lowest BCUT2D eigenvalue weighted by Gasteiger charge is -2.29. The molecule has 1 aromatic carbocycles. The molecule has 4 heterocycles. The largest absolute Gasteiger partial charge is 0.405 e. The van der Waals surface area contributed by atoms with Crippen LogP contribution in [0.25, 0.3) is 22.6 Å². The summed E-state index contributed by atoms with van der Waals surface area (Å²) in [6.45, 7) is 3.42. The zero-order chi connectivity index (χ0) is 33.3. The standard InChI is InChI=1S/C19H17F4N3O.C13H14N4O2/c1-2-3-17-15(16(9-24)12-4-6-14(20)7-5-12)8-13(10-25-17)18(27)26-11-19(21,22)23;14-13(18)9-5-10-11(16-6-9)7-15-8-12(10)17-1-3-19-4-2-17/h3-10,24H,2,11H2,1H3,(H,26,27);5-8H,1-4H2,(H2,14,18)/b16-15+,17-3+,24-9?;. The van der Waals surface area contributed by atoms with Gasteiger partial charge in [0.1, 0.15) is 12.4 Å². The fourth-order valence-electron chi connectivity index (χ4n) is 4.62. The lowest BCUT2D eigenvalue weighted by Crippen LogP contribution is -2.37. The molecule has 4 N–H and O–H groups in total. The average Bonchev–Trinajstić information content (AvgIpc) is 3.05. The van der Waals surface area contributed by atoms with Crippen LogP contribution >= 0.6 is 0 Å². The molecule has 46 heavy (non-hydrogen) atoms. The number of nitrogens with zero attached hydrogens (tertiary/aromatic N) is 4. The first kappa shape index (κ1) is 33.6. The van der Waals surface area contributed by atoms with Crippen molar-refractivity contribution in [3.8, 4) is 0 Å². The Morgan fingerprint density at radius 1 is 1.02 bits per heavy atom. The summed E-state index contributed by atoms with van der Waals surface area (Å²) in [6.07, 6.45) is 5.04. The van der Waals surface area contributed by atoms with Gasteiger partial charge in [-0.2, -0.15) is 13.2 Å². The van der Waals surface area contributed by atoms with Gasteiger partial charge in [0, 0.05) is 47.9 Å². The van der Waals surface area contributed by atoms with Gasteiger partial charge in [-0.1, -0.05) is 25.1 Å². The predicted molar refractivity (Wildman–Crippen MR) is 165 cm³/mol. The fourth-order valence-corrected chi connectivity index (χ4v) is 4.62. The van der Waals surface area contributed by atoms with Gasteiger partial charge < -0.3 is 26.1 Å². The summed E-state index contributed by atoms with van der Waals surface area (Å²) in [7, 11) is 0. The van der Waals surface area contributed by atoms with E-state index in [1.54, 1.807) is 29.9 Å². The number of anilines is 1. The number of halogens is 4. The van der Waals surface area contributed by atoms with Crippen LogP contribution in [0.5, 0.6) is 0 Å². The van der Waals surface area contributed by atoms with Crippen molar-refractivity contribution in [2.75, 3.05) is 37.7 Å². The van der Waals surface area contributed by atoms with Crippen molar-refractivity contribution < 1.29 is 31.9 Å². The SMILES string of the molecule is CC/C=c1/ncc(C(=O)NCC(F)(F)F)c/c1=C(/C=N)c1ccc(F)cc1.NC(=O)c1cnc2cncc(N3CCOCC3)c2c1. The van der Waals surface area contributed by atoms with Crippen LogP contribution in [0.3, 0.4) is 0 Å². The van der Waals surface area contributed by atoms with Gasteiger partial charge in [0.05, 0.1) is 53.3 Å². The second-order valence-electron chi connectivity index (χ2n) is 10.0. The van der Waals surface area contributed by atoms with Crippen LogP contribution < -0.4 is 26.5 Å². The lowest BCUT2D eigenvalue weighted by atomic mass is 10.0. The Hall–Kier alpha value is -5.24. The van der Waals surface area contributed by atoms with Gasteiger partial charge in [0.2, 0.25) is 5.91 Å². The number of benzene rings is 1. The van der Waals surface area contributed by atoms with Crippen molar-refractivity contribution in [2.45, 2.75) is 19.5 Å². The van der Waals surface area contributed by atoms with E-state index in [0.29, 0.717) is 46.9 Å². The summed E-state index contributed by atoms with van der Waals surface area (Å²) in [4.78, 5) is 38.1. The van der Waals surface area contributed by atoms with Gasteiger partial charge >= 0.3 is 6.18 Å². The number of primary amides is 1. The Bertz CT molecular complexity index is 1840. The van der Waals surface area contributed by atoms with Crippen LogP contribution in [-0.2, 0) is 4.74 Å². The second-order valence-corrected chi connectivity index (χ2v) is 10.0. The molecule has 3 aromatic heterocycles. The molecule has 0 radical (unpaired) electrons. The van der Waals surface area contributed by atoms with Gasteiger partial charge in [0.15, 0.2) is 0 Å². The normalized spacial score (nSPS) is 14.3. The first-order valence-electron chi connectivity index (χ1n) is 14.2. The highest BCUT2D eigenvalue weighted by Crippen LogP contribution is 2.26. The number of aromatic nitrogens is 3. The molecule has 0 saturated carbocycles. The molecule has 1 aliphatic heterocycles. The molecule has 1 fully saturated rings. The zero-order valence-electron chi connectivity index (χ0n) is 24.8. The van der Waals surface area contributed by atoms with E-state index in [2.05, 4.69) is 19.9 Å². The highest BCUT2D eigenvalue weighted by atomic mass is 19.4. The number of nitrogens with one attached hydrogen (secondary N) is 2. The molecule has 0 unspecified atom stereocenters. The number of carbonyl (C=O) groups excluding carboxylic acids is 2. The molecular weight excluding hydrogens is 606 g/mol. The number of pyridine rings is 3. The number of carbonyl (C=O) groups is 2. The minimum atomic E-state index is -4.53. The number of nitrogens with two attached hydrogens (primary N) is 1. The van der Waals surface area contributed by atoms with Crippen molar-refractivity contribution >= 4 is 46.3 Å². The first-order chi connectivity index (χ1) is 22.0. The number of fused-ring (bicyclic) bond motifs is 1. The molecule has 240 valence electrons. The second kappa shape index (κ2) is 15.2. The maximum atomic E-state index is 13.2. The summed E-state index contributed by atoms with van der Waals surface area (Å²) in [5.74, 6) is -1.84. The minimum Gasteiger partial charge on any atom is -0.378 e. The van der Waals surface area contributed by atoms with E-state index in [0.717, 1.165) is 35.9 Å². The number of morpholine rings is 1. The third kappa shape index (κ3) is 8.69. The number of hydrogen-bond donors (Lipinski definition) is 3. The van der Waals surface area contributed by atoms with Crippen molar-refractivity contribution in [3.63, 3.8) is 0 Å². The fraction of sp³-hybridized carbons (Fsp3) is 0.250. The summed E-state index contributed by atoms with van der Waals surface area (Å²) in [5.41, 5.74) is 8.27. The monoisotopic (exact) mass is 637 g/mol. The number of rotatable bonds is 7. The zero-order valence-corrected chi connectivity index (χ0v) is 24.8. The quantitative estimate of drug-likeness (QED) is 0.208. The summed E-state index contributed by atoms with van der Waals surface area (Å²) in [6, 6.07) is 8.56. The Balaban J connectivity index is 0.000000221. The summed E-state index contributed by atoms with van der Waals surface area (Å²) < 4.78 is 55.5. The number of alkyl halides is 3. The number of ether oxygens (including phenoxy) is 1. The highest BCUT2D eigenvalue weighted by molar-refractivity contribution is 6.08. The number of amides is 2. The maximum absolute atomic E-state index is 13.2. The van der Waals surface area contributed by atoms with Crippen molar-refractivity contribution in [3.05, 3.63) is 94.3 Å². The van der Waals surface area contributed by atoms with Crippen LogP contribution in [0.4, 0.5) is 23.2 Å². The molecule has 0 atom stereocenters. The van der Waals surface area contributed by atoms with Crippen LogP contribution in [0.1, 0.15) is 39.6 Å². The topological polar surface area (TPSA) is 147 Å². The molecule has 0 aliphatic carbocycles. The van der Waals surface area contributed by atoms with E-state index in [-0.39, 0.29) is 5.56 Å². The minimum absolute atomic E-state index is 0.0658. The smallest absolute Gasteiger partial charge is 0.378 e. The van der Waals surface area contributed by atoms with E-state index in [1.807, 2.05) is 6.92 Å². The third-order valence-electron chi connectivity index (χ3n) is 6.84. The maximum Gasteiger partial charge on any atom is 0.405 e. The van der Waals surface area contributed by atoms with Gasteiger partial charge in [-0.15, -0.1) is 0 Å². The predicted octanol–water partition coefficient (Wildman–Crippen LogP) is 3.12. The molecule has 1 aliphatic rings. The van der Waals surface area contributed by atoms with E-state index in [9.17, 15) is 27.2 Å². The van der Waals surface area contributed by atoms with E-state index < -0.39 is 30.4 Å². The van der Waals surface area contributed by atoms with E-state index >= 15 is 0 Å². The van der Waals surface area contributed by atoms with E-state index in [1.165, 1.54) is 42.7 Å². The summed E-state index contributed by atoms with van der Waals surface area (Å²) >= 11 is 0. The number of hydrogen-bond acceptors (Lipinski definition) is 8. The lowest BCUT2D eigenvalue weighted by molar-refractivity contribution is -0.123. The van der Waals surface area contributed by atoms with E-state index in [4.69, 9.17) is 15.9 Å². The molecule has 2 amide bonds. The third-order valence-corrected chi connectivity index (χ3v) is 6.84. The van der Waals surface area contributed by atoms with Gasteiger partial charge in [0.25, 0.3) is 5.91 Å². The van der Waals surface area contributed by atoms with Crippen LogP contribution in [0.15, 0.2) is 61.2 Å². The van der Waals surface area contributed by atoms with Crippen molar-refractivity contribution in [2.24, 2.45) is 5.73 Å². The Morgan fingerprint density at radius 3 is 2.35 bits per heavy atom. The van der Waals surface area contributed by atoms with Crippen LogP contribution in [-0.4, -0.2) is 72.0 Å². The van der Waals surface area contributed by atoms with Crippen LogP contribution in [0.2, 0.25) is 0 Å². The van der Waals surface area contributed by atoms with Gasteiger partial charge in [-0.25, -0.2) is 4.39 Å². The van der Waals surface area contributed by atoms with Gasteiger partial charge in [-0.3, -0.25) is 24.5 Å². The molecule has 4 aromatic rings. The molecule has 5 rings (SSSR count). The highest BCUT2D eigenvalue weighted by Gasteiger charge is 2.28. The molecular formula is C32H31F4N7O3. The molecule has 1 saturated heterocycles. The Labute approximate surface area is 261 Å². The van der Waals surface area contributed by atoms with Crippen molar-refractivity contribution in [1.29, 1.82) is 5.41 Å². The Kier molecular flexibility index (Phi) is 11.1. The first-order valence-corrected chi connectivity index (χ1v) is 14.2. The Morgan fingerprint density at radius 2 is 1.72 bits per heavy atom. The molecule has 10 nitrogen and oxygen atoms in total. The molecule has 0 spiro atoms. The van der Waals surface area contributed by atoms with Gasteiger partial charge in [-0.05, 0) is 36.2 Å². The molecule has 14 heteroatoms. The van der Waals surface area contributed by atoms with Crippen molar-refractivity contribution in [1.82, 2.24) is 20.3 Å². The summed E-state index contributed by atoms with van der Waals surface area (Å²) in [5, 5.41) is 11.3. The molecule has 0 bridgehead atoms. The van der Waals surface area contributed by atoms with Crippen LogP contribution in [0, 0.1) is 11.2 Å².